The zero-order valence-electron chi connectivity index (χ0n) is 17.7. The summed E-state index contributed by atoms with van der Waals surface area (Å²) in [4.78, 5) is 19.9. The Labute approximate surface area is 171 Å². The number of aryl methyl sites for hydroxylation is 4. The third kappa shape index (κ3) is 3.73. The number of aromatic amines is 1. The fourth-order valence-electron chi connectivity index (χ4n) is 4.48. The van der Waals surface area contributed by atoms with Crippen LogP contribution < -0.4 is 5.32 Å². The van der Waals surface area contributed by atoms with E-state index in [1.54, 1.807) is 0 Å². The van der Waals surface area contributed by atoms with Crippen molar-refractivity contribution in [1.82, 2.24) is 30.0 Å². The lowest BCUT2D eigenvalue weighted by Crippen LogP contribution is -2.42. The van der Waals surface area contributed by atoms with E-state index in [9.17, 15) is 4.79 Å². The minimum absolute atomic E-state index is 0.0277. The number of hydrogen-bond donors (Lipinski definition) is 2. The SMILES string of the molecule is Cc1ccc2c(c1)nc(CNC(=O)N1CCCCC[C@H]1c1c(C)n[nH]c1C)n2C. The van der Waals surface area contributed by atoms with E-state index in [1.807, 2.05) is 25.8 Å². The molecule has 4 rings (SSSR count). The van der Waals surface area contributed by atoms with Gasteiger partial charge < -0.3 is 14.8 Å². The summed E-state index contributed by atoms with van der Waals surface area (Å²) in [7, 11) is 2.00. The first kappa shape index (κ1) is 19.5. The van der Waals surface area contributed by atoms with E-state index in [2.05, 4.69) is 45.2 Å². The van der Waals surface area contributed by atoms with E-state index < -0.39 is 0 Å². The summed E-state index contributed by atoms with van der Waals surface area (Å²) in [6.45, 7) is 7.30. The average Bonchev–Trinajstić information content (AvgIpc) is 3.06. The Morgan fingerprint density at radius 3 is 2.83 bits per heavy atom. The highest BCUT2D eigenvalue weighted by Crippen LogP contribution is 2.33. The Balaban J connectivity index is 1.54. The summed E-state index contributed by atoms with van der Waals surface area (Å²) < 4.78 is 2.05. The summed E-state index contributed by atoms with van der Waals surface area (Å²) in [5.41, 5.74) is 6.44. The molecule has 1 aliphatic rings. The molecule has 0 saturated carbocycles. The number of nitrogens with one attached hydrogen (secondary N) is 2. The Bertz CT molecular complexity index is 1010. The predicted molar refractivity (Wildman–Crippen MR) is 114 cm³/mol. The van der Waals surface area contributed by atoms with E-state index in [0.717, 1.165) is 60.5 Å². The van der Waals surface area contributed by atoms with Gasteiger partial charge >= 0.3 is 6.03 Å². The second-order valence-electron chi connectivity index (χ2n) is 8.14. The van der Waals surface area contributed by atoms with Crippen LogP contribution in [0.3, 0.4) is 0 Å². The number of imidazole rings is 1. The third-order valence-corrected chi connectivity index (χ3v) is 6.06. The van der Waals surface area contributed by atoms with Crippen LogP contribution in [0.1, 0.15) is 60.1 Å². The van der Waals surface area contributed by atoms with E-state index in [0.29, 0.717) is 6.54 Å². The molecule has 1 fully saturated rings. The number of aromatic nitrogens is 4. The highest BCUT2D eigenvalue weighted by Gasteiger charge is 2.30. The summed E-state index contributed by atoms with van der Waals surface area (Å²) >= 11 is 0. The minimum Gasteiger partial charge on any atom is -0.331 e. The summed E-state index contributed by atoms with van der Waals surface area (Å²) in [5.74, 6) is 0.862. The van der Waals surface area contributed by atoms with Crippen LogP contribution in [0.4, 0.5) is 4.79 Å². The van der Waals surface area contributed by atoms with Crippen molar-refractivity contribution in [3.63, 3.8) is 0 Å². The molecule has 2 N–H and O–H groups in total. The molecular formula is C22H30N6O. The number of H-pyrrole nitrogens is 1. The molecule has 154 valence electrons. The normalized spacial score (nSPS) is 17.5. The minimum atomic E-state index is -0.0277. The van der Waals surface area contributed by atoms with Crippen molar-refractivity contribution in [2.45, 2.75) is 59.0 Å². The van der Waals surface area contributed by atoms with Gasteiger partial charge in [0.15, 0.2) is 0 Å². The first-order valence-electron chi connectivity index (χ1n) is 10.4. The lowest BCUT2D eigenvalue weighted by molar-refractivity contribution is 0.174. The maximum atomic E-state index is 13.2. The van der Waals surface area contributed by atoms with Crippen LogP contribution >= 0.6 is 0 Å². The topological polar surface area (TPSA) is 78.8 Å². The molecule has 0 spiro atoms. The Hall–Kier alpha value is -2.83. The first-order valence-corrected chi connectivity index (χ1v) is 10.4. The van der Waals surface area contributed by atoms with Gasteiger partial charge in [-0.1, -0.05) is 18.9 Å². The Morgan fingerprint density at radius 1 is 1.24 bits per heavy atom. The van der Waals surface area contributed by atoms with Crippen molar-refractivity contribution in [2.24, 2.45) is 7.05 Å². The molecule has 2 amide bonds. The van der Waals surface area contributed by atoms with Crippen molar-refractivity contribution in [2.75, 3.05) is 6.54 Å². The molecule has 3 heterocycles. The lowest BCUT2D eigenvalue weighted by Gasteiger charge is -2.30. The molecule has 0 bridgehead atoms. The highest BCUT2D eigenvalue weighted by molar-refractivity contribution is 5.77. The molecular weight excluding hydrogens is 364 g/mol. The van der Waals surface area contributed by atoms with Crippen molar-refractivity contribution in [1.29, 1.82) is 0 Å². The van der Waals surface area contributed by atoms with Crippen LogP contribution in [0, 0.1) is 20.8 Å². The summed E-state index contributed by atoms with van der Waals surface area (Å²) in [5, 5.41) is 10.5. The molecule has 7 heteroatoms. The number of carbonyl (C=O) groups excluding carboxylic acids is 1. The van der Waals surface area contributed by atoms with Gasteiger partial charge in [0, 0.05) is 24.8 Å². The number of rotatable bonds is 3. The third-order valence-electron chi connectivity index (χ3n) is 6.06. The number of fused-ring (bicyclic) bond motifs is 1. The van der Waals surface area contributed by atoms with Crippen LogP contribution in [-0.4, -0.2) is 37.2 Å². The molecule has 7 nitrogen and oxygen atoms in total. The molecule has 1 aliphatic heterocycles. The predicted octanol–water partition coefficient (Wildman–Crippen LogP) is 4.05. The van der Waals surface area contributed by atoms with Gasteiger partial charge in [0.05, 0.1) is 29.3 Å². The van der Waals surface area contributed by atoms with Gasteiger partial charge in [-0.25, -0.2) is 9.78 Å². The monoisotopic (exact) mass is 394 g/mol. The first-order chi connectivity index (χ1) is 14.0. The summed E-state index contributed by atoms with van der Waals surface area (Å²) in [6, 6.07) is 6.29. The molecule has 2 aromatic heterocycles. The van der Waals surface area contributed by atoms with Gasteiger partial charge in [0.25, 0.3) is 0 Å². The van der Waals surface area contributed by atoms with E-state index >= 15 is 0 Å². The van der Waals surface area contributed by atoms with Gasteiger partial charge in [-0.05, 0) is 51.3 Å². The second-order valence-corrected chi connectivity index (χ2v) is 8.14. The zero-order chi connectivity index (χ0) is 20.5. The Morgan fingerprint density at radius 2 is 2.07 bits per heavy atom. The molecule has 0 unspecified atom stereocenters. The largest absolute Gasteiger partial charge is 0.331 e. The van der Waals surface area contributed by atoms with Crippen LogP contribution in [0.5, 0.6) is 0 Å². The number of urea groups is 1. The smallest absolute Gasteiger partial charge is 0.318 e. The van der Waals surface area contributed by atoms with Crippen LogP contribution in [0.25, 0.3) is 11.0 Å². The molecule has 0 aliphatic carbocycles. The fraction of sp³-hybridized carbons (Fsp3) is 0.500. The lowest BCUT2D eigenvalue weighted by atomic mass is 9.99. The number of amides is 2. The quantitative estimate of drug-likeness (QED) is 0.703. The maximum absolute atomic E-state index is 13.2. The molecule has 1 aromatic carbocycles. The van der Waals surface area contributed by atoms with E-state index in [4.69, 9.17) is 4.98 Å². The number of benzene rings is 1. The highest BCUT2D eigenvalue weighted by atomic mass is 16.2. The number of nitrogens with zero attached hydrogens (tertiary/aromatic N) is 4. The van der Waals surface area contributed by atoms with Gasteiger partial charge in [-0.3, -0.25) is 5.10 Å². The molecule has 29 heavy (non-hydrogen) atoms. The Kier molecular flexibility index (Phi) is 5.30. The van der Waals surface area contributed by atoms with Crippen LogP contribution in [0.15, 0.2) is 18.2 Å². The molecule has 0 radical (unpaired) electrons. The fourth-order valence-corrected chi connectivity index (χ4v) is 4.48. The van der Waals surface area contributed by atoms with Gasteiger partial charge in [-0.15, -0.1) is 0 Å². The van der Waals surface area contributed by atoms with E-state index in [1.165, 1.54) is 11.1 Å². The molecule has 3 aromatic rings. The number of carbonyl (C=O) groups is 1. The second kappa shape index (κ2) is 7.89. The van der Waals surface area contributed by atoms with Crippen molar-refractivity contribution in [3.05, 3.63) is 46.5 Å². The van der Waals surface area contributed by atoms with Crippen molar-refractivity contribution in [3.8, 4) is 0 Å². The summed E-state index contributed by atoms with van der Waals surface area (Å²) in [6.07, 6.45) is 4.29. The standard InChI is InChI=1S/C22H30N6O/c1-14-9-10-18-17(12-14)24-20(27(18)4)13-23-22(29)28-11-7-5-6-8-19(28)21-15(2)25-26-16(21)3/h9-10,12,19H,5-8,11,13H2,1-4H3,(H,23,29)(H,25,26)/t19-/m0/s1. The average molecular weight is 395 g/mol. The van der Waals surface area contributed by atoms with Crippen LogP contribution in [0.2, 0.25) is 0 Å². The van der Waals surface area contributed by atoms with Crippen molar-refractivity contribution >= 4 is 17.1 Å². The number of hydrogen-bond acceptors (Lipinski definition) is 3. The maximum Gasteiger partial charge on any atom is 0.318 e. The van der Waals surface area contributed by atoms with Gasteiger partial charge in [0.2, 0.25) is 0 Å². The van der Waals surface area contributed by atoms with Crippen molar-refractivity contribution < 1.29 is 4.79 Å². The van der Waals surface area contributed by atoms with Gasteiger partial charge in [0.1, 0.15) is 5.82 Å². The van der Waals surface area contributed by atoms with E-state index in [-0.39, 0.29) is 12.1 Å². The van der Waals surface area contributed by atoms with Gasteiger partial charge in [-0.2, -0.15) is 5.10 Å². The zero-order valence-corrected chi connectivity index (χ0v) is 17.7. The molecule has 1 saturated heterocycles. The number of likely N-dealkylation sites (tertiary alicyclic amines) is 1. The van der Waals surface area contributed by atoms with Crippen LogP contribution in [-0.2, 0) is 13.6 Å². The molecule has 1 atom stereocenters.